The molecule has 0 rings (SSSR count). The Morgan fingerprint density at radius 3 is 0.455 bits per heavy atom. The van der Waals surface area contributed by atoms with Gasteiger partial charge in [0.1, 0.15) is 0 Å². The zero-order valence-electron chi connectivity index (χ0n) is 5.38. The van der Waals surface area contributed by atoms with Crippen molar-refractivity contribution in [2.24, 2.45) is 0 Å². The Bertz CT molecular complexity index is 25.3. The van der Waals surface area contributed by atoms with Crippen LogP contribution in [0.5, 0.6) is 0 Å². The molecule has 0 N–H and O–H groups in total. The molecule has 0 saturated heterocycles. The Morgan fingerprint density at radius 2 is 0.455 bits per heavy atom. The summed E-state index contributed by atoms with van der Waals surface area (Å²) < 4.78 is 0. The Balaban J connectivity index is 0. The van der Waals surface area contributed by atoms with Gasteiger partial charge in [-0.25, -0.2) is 0 Å². The summed E-state index contributed by atoms with van der Waals surface area (Å²) in [6.45, 7) is 0. The van der Waals surface area contributed by atoms with Gasteiger partial charge in [-0.05, 0) is 0 Å². The van der Waals surface area contributed by atoms with Gasteiger partial charge < -0.3 is 16.4 Å². The molecule has 0 heterocycles. The second kappa shape index (κ2) is 74.7. The average Bonchev–Trinajstić information content (AvgIpc) is 0. The van der Waals surface area contributed by atoms with Crippen molar-refractivity contribution in [3.63, 3.8) is 0 Å². The number of rotatable bonds is 0. The summed E-state index contributed by atoms with van der Waals surface area (Å²) in [4.78, 5) is 0. The van der Waals surface area contributed by atoms with Gasteiger partial charge in [-0.1, -0.05) is 0 Å². The van der Waals surface area contributed by atoms with Gasteiger partial charge in [-0.2, -0.15) is 0 Å². The van der Waals surface area contributed by atoms with E-state index < -0.39 is 0 Å². The van der Waals surface area contributed by atoms with Crippen LogP contribution in [0.1, 0.15) is 0 Å². The zero-order chi connectivity index (χ0) is 0. The van der Waals surface area contributed by atoms with Crippen LogP contribution in [0.2, 0.25) is 0 Å². The van der Waals surface area contributed by atoms with Gasteiger partial charge in [0.2, 0.25) is 0 Å². The van der Waals surface area contributed by atoms with Crippen molar-refractivity contribution in [3.05, 3.63) is 0 Å². The van der Waals surface area contributed by atoms with Crippen molar-refractivity contribution in [2.45, 2.75) is 0 Å². The van der Waals surface area contributed by atoms with E-state index in [1.54, 1.807) is 0 Å². The van der Waals surface area contributed by atoms with E-state index in [2.05, 4.69) is 0 Å². The second-order valence-corrected chi connectivity index (χ2v) is 0. The van der Waals surface area contributed by atoms with E-state index in [0.717, 1.165) is 0 Å². The molecular formula is Ce2Nd2O3Y2Zr2. The topological polar surface area (TPSA) is 85.5 Å². The van der Waals surface area contributed by atoms with E-state index in [1.165, 1.54) is 0 Å². The summed E-state index contributed by atoms with van der Waals surface area (Å²) >= 11 is 0. The molecule has 11 heteroatoms. The maximum Gasteiger partial charge on any atom is 3.00 e. The minimum Gasteiger partial charge on any atom is -2.00 e. The predicted octanol–water partition coefficient (Wildman–Crippen LogP) is -0.366. The molecule has 11 heavy (non-hydrogen) atoms. The van der Waals surface area contributed by atoms with Gasteiger partial charge in [0, 0.05) is 218 Å². The van der Waals surface area contributed by atoms with Gasteiger partial charge in [-0.15, -0.1) is 0 Å². The molecule has 0 aliphatic rings. The van der Waals surface area contributed by atoms with Crippen molar-refractivity contribution >= 4 is 0 Å². The summed E-state index contributed by atoms with van der Waals surface area (Å²) in [6, 6.07) is 0. The van der Waals surface area contributed by atoms with Crippen LogP contribution in [-0.2, 0) is 134 Å². The van der Waals surface area contributed by atoms with E-state index in [-0.39, 0.29) is 299 Å². The normalized spacial score (nSPS) is 0. The fourth-order valence-electron chi connectivity index (χ4n) is 0. The third-order valence-corrected chi connectivity index (χ3v) is 0. The fourth-order valence-corrected chi connectivity index (χ4v) is 0. The van der Waals surface area contributed by atoms with Crippen molar-refractivity contribution in [3.8, 4) is 0 Å². The van der Waals surface area contributed by atoms with Crippen LogP contribution in [0.3, 0.4) is 0 Å². The first-order chi connectivity index (χ1) is 0. The molecule has 48 valence electrons. The maximum atomic E-state index is 0. The molecule has 0 atom stereocenters. The molecule has 0 spiro atoms. The summed E-state index contributed by atoms with van der Waals surface area (Å²) in [5.41, 5.74) is 0. The maximum absolute atomic E-state index is 0. The first-order valence-corrected chi connectivity index (χ1v) is 0. The summed E-state index contributed by atoms with van der Waals surface area (Å²) in [7, 11) is 0. The van der Waals surface area contributed by atoms with Gasteiger partial charge >= 0.3 is 65.4 Å². The van der Waals surface area contributed by atoms with Crippen LogP contribution >= 0.6 is 0 Å². The molecule has 0 bridgehead atoms. The smallest absolute Gasteiger partial charge is 2.00 e. The van der Waals surface area contributed by atoms with Crippen LogP contribution in [-0.4, -0.2) is 0 Å². The molecule has 0 amide bonds. The zero-order valence-corrected chi connectivity index (χ0v) is 28.7. The van der Waals surface area contributed by atoms with Crippen LogP contribution in [0.25, 0.3) is 0 Å². The molecule has 0 radical (unpaired) electrons. The second-order valence-electron chi connectivity index (χ2n) is 0. The first-order valence-electron chi connectivity index (χ1n) is 0. The fraction of sp³-hybridized carbons (Fsp3) is 0. The van der Waals surface area contributed by atoms with E-state index in [9.17, 15) is 0 Å². The minimum atomic E-state index is 0. The molecular weight excluding hydrogens is 977 g/mol. The molecule has 0 aliphatic heterocycles. The van der Waals surface area contributed by atoms with Crippen molar-refractivity contribution in [2.75, 3.05) is 0 Å². The summed E-state index contributed by atoms with van der Waals surface area (Å²) in [5, 5.41) is 0. The summed E-state index contributed by atoms with van der Waals surface area (Å²) in [6.07, 6.45) is 0. The van der Waals surface area contributed by atoms with E-state index in [0.29, 0.717) is 0 Å². The number of hydrogen-bond acceptors (Lipinski definition) is 0. The van der Waals surface area contributed by atoms with Gasteiger partial charge in [-0.3, -0.25) is 0 Å². The Morgan fingerprint density at radius 1 is 0.455 bits per heavy atom. The summed E-state index contributed by atoms with van der Waals surface area (Å²) in [5.74, 6) is 0. The average molecular weight is 977 g/mol. The molecule has 0 aliphatic carbocycles. The Labute approximate surface area is 289 Å². The van der Waals surface area contributed by atoms with Crippen molar-refractivity contribution in [1.82, 2.24) is 0 Å². The molecule has 0 unspecified atom stereocenters. The molecule has 3 nitrogen and oxygen atoms in total. The third-order valence-electron chi connectivity index (χ3n) is 0. The molecule has 0 aromatic heterocycles. The van der Waals surface area contributed by atoms with E-state index >= 15 is 0 Å². The number of hydrogen-bond donors (Lipinski definition) is 0. The molecule has 0 aromatic rings. The predicted molar refractivity (Wildman–Crippen MR) is 2.06 cm³/mol. The van der Waals surface area contributed by atoms with Gasteiger partial charge in [0.05, 0.1) is 0 Å². The quantitative estimate of drug-likeness (QED) is 0.318. The first kappa shape index (κ1) is 87.4. The van der Waals surface area contributed by atoms with Crippen molar-refractivity contribution in [1.29, 1.82) is 0 Å². The van der Waals surface area contributed by atoms with Crippen LogP contribution < -0.4 is 0 Å². The SMILES string of the molecule is [Ce].[Ce].[Nd].[Nd].[O-2].[O-2].[O-2].[Y+3].[Y+3].[Zr].[Zr]. The van der Waals surface area contributed by atoms with Crippen LogP contribution in [0.4, 0.5) is 0 Å². The standard InChI is InChI=1S/2Ce.2Nd.3O.2Y.2Zr/q;;;;3*-2;2*+3;;. The van der Waals surface area contributed by atoms with Crippen molar-refractivity contribution < 1.29 is 299 Å². The third kappa shape index (κ3) is 66.8. The van der Waals surface area contributed by atoms with E-state index in [4.69, 9.17) is 0 Å². The Hall–Kier alpha value is 9.31. The molecule has 0 saturated carbocycles. The van der Waals surface area contributed by atoms with Crippen LogP contribution in [0, 0.1) is 165 Å². The Kier molecular flexibility index (Phi) is 593. The van der Waals surface area contributed by atoms with Gasteiger partial charge in [0.15, 0.2) is 0 Å². The minimum absolute atomic E-state index is 0. The van der Waals surface area contributed by atoms with E-state index in [1.807, 2.05) is 0 Å². The molecule has 0 fully saturated rings. The molecule has 0 aromatic carbocycles. The van der Waals surface area contributed by atoms with Gasteiger partial charge in [0.25, 0.3) is 0 Å². The monoisotopic (exact) mass is 969 g/mol. The van der Waals surface area contributed by atoms with Crippen LogP contribution in [0.15, 0.2) is 0 Å². The largest absolute Gasteiger partial charge is 3.00 e.